The van der Waals surface area contributed by atoms with Crippen LogP contribution in [0.25, 0.3) is 0 Å². The van der Waals surface area contributed by atoms with Gasteiger partial charge in [0.15, 0.2) is 0 Å². The van der Waals surface area contributed by atoms with Crippen molar-refractivity contribution in [2.45, 2.75) is 13.5 Å². The second-order valence-corrected chi connectivity index (χ2v) is 4.97. The van der Waals surface area contributed by atoms with Crippen LogP contribution >= 0.6 is 0 Å². The molecule has 106 valence electrons. The van der Waals surface area contributed by atoms with Crippen LogP contribution in [-0.4, -0.2) is 11.7 Å². The summed E-state index contributed by atoms with van der Waals surface area (Å²) >= 11 is 0. The number of halogens is 2. The van der Waals surface area contributed by atoms with Gasteiger partial charge in [-0.05, 0) is 42.3 Å². The van der Waals surface area contributed by atoms with Gasteiger partial charge in [-0.25, -0.2) is 8.78 Å². The summed E-state index contributed by atoms with van der Waals surface area (Å²) in [7, 11) is 0. The zero-order valence-corrected chi connectivity index (χ0v) is 11.2. The van der Waals surface area contributed by atoms with Gasteiger partial charge >= 0.3 is 0 Å². The van der Waals surface area contributed by atoms with Crippen LogP contribution in [0.1, 0.15) is 21.5 Å². The van der Waals surface area contributed by atoms with Crippen molar-refractivity contribution in [3.63, 3.8) is 0 Å². The third-order valence-electron chi connectivity index (χ3n) is 3.45. The van der Waals surface area contributed by atoms with Crippen molar-refractivity contribution >= 4 is 17.4 Å². The lowest BCUT2D eigenvalue weighted by molar-refractivity contribution is -0.114. The quantitative estimate of drug-likeness (QED) is 0.796. The van der Waals surface area contributed by atoms with Crippen molar-refractivity contribution in [2.24, 2.45) is 0 Å². The molecule has 0 N–H and O–H groups in total. The second-order valence-electron chi connectivity index (χ2n) is 4.97. The average molecular weight is 287 g/mol. The standard InChI is InChI=1S/C16H11F2NO2/c1-9-5-12(18)7-13-14(9)19(16(21)15(13)20)8-10-3-2-4-11(17)6-10/h2-7H,8H2,1H3. The van der Waals surface area contributed by atoms with Crippen LogP contribution in [0.5, 0.6) is 0 Å². The number of rotatable bonds is 2. The molecule has 2 aromatic rings. The number of hydrogen-bond acceptors (Lipinski definition) is 2. The van der Waals surface area contributed by atoms with Crippen molar-refractivity contribution in [3.05, 3.63) is 64.7 Å². The maximum Gasteiger partial charge on any atom is 0.299 e. The highest BCUT2D eigenvalue weighted by Crippen LogP contribution is 2.34. The summed E-state index contributed by atoms with van der Waals surface area (Å²) in [6.45, 7) is 1.70. The molecular weight excluding hydrogens is 276 g/mol. The fourth-order valence-corrected chi connectivity index (χ4v) is 2.57. The van der Waals surface area contributed by atoms with E-state index in [4.69, 9.17) is 0 Å². The Balaban J connectivity index is 2.05. The summed E-state index contributed by atoms with van der Waals surface area (Å²) in [5, 5.41) is 0. The summed E-state index contributed by atoms with van der Waals surface area (Å²) in [5.41, 5.74) is 1.53. The normalized spacial score (nSPS) is 13.8. The predicted octanol–water partition coefficient (Wildman–Crippen LogP) is 3.00. The zero-order chi connectivity index (χ0) is 15.1. The predicted molar refractivity (Wildman–Crippen MR) is 73.1 cm³/mol. The first-order valence-corrected chi connectivity index (χ1v) is 6.38. The van der Waals surface area contributed by atoms with E-state index in [1.165, 1.54) is 29.2 Å². The Morgan fingerprint density at radius 1 is 1.05 bits per heavy atom. The van der Waals surface area contributed by atoms with Gasteiger partial charge in [0, 0.05) is 0 Å². The molecule has 1 aliphatic heterocycles. The number of carbonyl (C=O) groups is 2. The van der Waals surface area contributed by atoms with Gasteiger partial charge in [-0.2, -0.15) is 0 Å². The molecule has 1 heterocycles. The molecule has 0 spiro atoms. The van der Waals surface area contributed by atoms with Crippen molar-refractivity contribution < 1.29 is 18.4 Å². The highest BCUT2D eigenvalue weighted by atomic mass is 19.1. The van der Waals surface area contributed by atoms with E-state index in [9.17, 15) is 18.4 Å². The first-order chi connectivity index (χ1) is 9.97. The molecular formula is C16H11F2NO2. The van der Waals surface area contributed by atoms with Crippen LogP contribution in [0, 0.1) is 18.6 Å². The molecule has 1 amide bonds. The van der Waals surface area contributed by atoms with Gasteiger partial charge in [0.25, 0.3) is 11.7 Å². The lowest BCUT2D eigenvalue weighted by Crippen LogP contribution is -2.29. The maximum absolute atomic E-state index is 13.4. The van der Waals surface area contributed by atoms with E-state index < -0.39 is 23.3 Å². The summed E-state index contributed by atoms with van der Waals surface area (Å²) < 4.78 is 26.6. The molecule has 21 heavy (non-hydrogen) atoms. The lowest BCUT2D eigenvalue weighted by atomic mass is 10.1. The minimum absolute atomic E-state index is 0.0638. The first-order valence-electron chi connectivity index (χ1n) is 6.38. The lowest BCUT2D eigenvalue weighted by Gasteiger charge is -2.18. The van der Waals surface area contributed by atoms with E-state index in [0.717, 1.165) is 6.07 Å². The first kappa shape index (κ1) is 13.4. The molecule has 1 aliphatic rings. The van der Waals surface area contributed by atoms with Crippen LogP contribution in [0.15, 0.2) is 36.4 Å². The van der Waals surface area contributed by atoms with Crippen molar-refractivity contribution in [3.8, 4) is 0 Å². The number of Topliss-reactive ketones (excluding diaryl/α,β-unsaturated/α-hetero) is 1. The van der Waals surface area contributed by atoms with Crippen LogP contribution in [0.4, 0.5) is 14.5 Å². The minimum Gasteiger partial charge on any atom is -0.300 e. The molecule has 0 aliphatic carbocycles. The second kappa shape index (κ2) is 4.77. The van der Waals surface area contributed by atoms with Gasteiger partial charge in [0.2, 0.25) is 0 Å². The molecule has 0 saturated heterocycles. The monoisotopic (exact) mass is 287 g/mol. The number of hydrogen-bond donors (Lipinski definition) is 0. The largest absolute Gasteiger partial charge is 0.300 e. The van der Waals surface area contributed by atoms with E-state index in [0.29, 0.717) is 16.8 Å². The number of aryl methyl sites for hydroxylation is 1. The van der Waals surface area contributed by atoms with Crippen molar-refractivity contribution in [1.29, 1.82) is 0 Å². The fourth-order valence-electron chi connectivity index (χ4n) is 2.57. The number of fused-ring (bicyclic) bond motifs is 1. The van der Waals surface area contributed by atoms with Crippen LogP contribution in [0.2, 0.25) is 0 Å². The van der Waals surface area contributed by atoms with Crippen LogP contribution < -0.4 is 4.90 Å². The summed E-state index contributed by atoms with van der Waals surface area (Å²) in [5.74, 6) is -2.42. The van der Waals surface area contributed by atoms with Gasteiger partial charge in [-0.3, -0.25) is 9.59 Å². The number of carbonyl (C=O) groups excluding carboxylic acids is 2. The average Bonchev–Trinajstić information content (AvgIpc) is 2.64. The summed E-state index contributed by atoms with van der Waals surface area (Å²) in [6.07, 6.45) is 0. The molecule has 0 unspecified atom stereocenters. The van der Waals surface area contributed by atoms with E-state index in [-0.39, 0.29) is 12.1 Å². The van der Waals surface area contributed by atoms with E-state index >= 15 is 0 Å². The third kappa shape index (κ3) is 2.20. The molecule has 3 nitrogen and oxygen atoms in total. The topological polar surface area (TPSA) is 37.4 Å². The summed E-state index contributed by atoms with van der Waals surface area (Å²) in [6, 6.07) is 8.13. The van der Waals surface area contributed by atoms with Crippen molar-refractivity contribution in [2.75, 3.05) is 4.90 Å². The number of benzene rings is 2. The third-order valence-corrected chi connectivity index (χ3v) is 3.45. The Morgan fingerprint density at radius 3 is 2.52 bits per heavy atom. The Kier molecular flexibility index (Phi) is 3.05. The van der Waals surface area contributed by atoms with Gasteiger partial charge in [0.05, 0.1) is 17.8 Å². The Morgan fingerprint density at radius 2 is 1.81 bits per heavy atom. The van der Waals surface area contributed by atoms with Gasteiger partial charge < -0.3 is 4.90 Å². The molecule has 0 bridgehead atoms. The van der Waals surface area contributed by atoms with Crippen LogP contribution in [0.3, 0.4) is 0 Å². The highest BCUT2D eigenvalue weighted by molar-refractivity contribution is 6.52. The minimum atomic E-state index is -0.732. The highest BCUT2D eigenvalue weighted by Gasteiger charge is 2.37. The molecule has 3 rings (SSSR count). The molecule has 2 aromatic carbocycles. The maximum atomic E-state index is 13.4. The van der Waals surface area contributed by atoms with Crippen molar-refractivity contribution in [1.82, 2.24) is 0 Å². The Hall–Kier alpha value is -2.56. The number of anilines is 1. The fraction of sp³-hybridized carbons (Fsp3) is 0.125. The summed E-state index contributed by atoms with van der Waals surface area (Å²) in [4.78, 5) is 25.3. The molecule has 0 fully saturated rings. The zero-order valence-electron chi connectivity index (χ0n) is 11.2. The van der Waals surface area contributed by atoms with Gasteiger partial charge in [0.1, 0.15) is 11.6 Å². The molecule has 0 atom stereocenters. The Labute approximate surface area is 119 Å². The molecule has 5 heteroatoms. The van der Waals surface area contributed by atoms with E-state index in [1.54, 1.807) is 13.0 Å². The van der Waals surface area contributed by atoms with Gasteiger partial charge in [-0.1, -0.05) is 12.1 Å². The van der Waals surface area contributed by atoms with Crippen LogP contribution in [-0.2, 0) is 11.3 Å². The number of nitrogens with zero attached hydrogens (tertiary/aromatic N) is 1. The van der Waals surface area contributed by atoms with Gasteiger partial charge in [-0.15, -0.1) is 0 Å². The number of ketones is 1. The molecule has 0 radical (unpaired) electrons. The molecule has 0 saturated carbocycles. The van der Waals surface area contributed by atoms with E-state index in [1.807, 2.05) is 0 Å². The van der Waals surface area contributed by atoms with E-state index in [2.05, 4.69) is 0 Å². The SMILES string of the molecule is Cc1cc(F)cc2c1N(Cc1cccc(F)c1)C(=O)C2=O. The Bertz CT molecular complexity index is 771. The smallest absolute Gasteiger partial charge is 0.299 e. The number of amides is 1. The molecule has 0 aromatic heterocycles.